The van der Waals surface area contributed by atoms with Crippen LogP contribution in [0.4, 0.5) is 17.2 Å². The van der Waals surface area contributed by atoms with Gasteiger partial charge < -0.3 is 15.4 Å². The van der Waals surface area contributed by atoms with Crippen LogP contribution in [0, 0.1) is 6.92 Å². The molecule has 6 nitrogen and oxygen atoms in total. The molecule has 0 atom stereocenters. The number of aromatic nitrogens is 2. The van der Waals surface area contributed by atoms with Gasteiger partial charge in [0.25, 0.3) is 5.91 Å². The molecule has 6 heteroatoms. The van der Waals surface area contributed by atoms with Crippen molar-refractivity contribution < 1.29 is 9.53 Å². The molecule has 0 aliphatic heterocycles. The first-order valence-electron chi connectivity index (χ1n) is 9.18. The Labute approximate surface area is 168 Å². The molecule has 1 heterocycles. The van der Waals surface area contributed by atoms with Gasteiger partial charge in [0.1, 0.15) is 5.75 Å². The summed E-state index contributed by atoms with van der Waals surface area (Å²) in [4.78, 5) is 12.5. The van der Waals surface area contributed by atoms with Gasteiger partial charge in [-0.05, 0) is 55.5 Å². The second-order valence-electron chi connectivity index (χ2n) is 6.56. The summed E-state index contributed by atoms with van der Waals surface area (Å²) in [6, 6.07) is 22.4. The van der Waals surface area contributed by atoms with E-state index in [9.17, 15) is 4.79 Å². The first-order chi connectivity index (χ1) is 14.1. The maximum atomic E-state index is 12.5. The zero-order valence-corrected chi connectivity index (χ0v) is 16.1. The highest BCUT2D eigenvalue weighted by Crippen LogP contribution is 2.25. The molecule has 0 aliphatic carbocycles. The van der Waals surface area contributed by atoms with Crippen LogP contribution in [-0.4, -0.2) is 23.2 Å². The van der Waals surface area contributed by atoms with E-state index in [2.05, 4.69) is 20.8 Å². The number of nitrogens with zero attached hydrogens (tertiary/aromatic N) is 2. The standard InChI is InChI=1S/C23H20N4O2/c1-15-20-5-3-4-6-21(20)22(27-26-15)24-17-9-7-16(8-10-17)23(28)25-18-11-13-19(29-2)14-12-18/h3-14H,1-2H3,(H,24,27)(H,25,28). The van der Waals surface area contributed by atoms with E-state index in [1.54, 1.807) is 43.5 Å². The number of ether oxygens (including phenoxy) is 1. The number of aryl methyl sites for hydroxylation is 1. The predicted octanol–water partition coefficient (Wildman–Crippen LogP) is 4.94. The van der Waals surface area contributed by atoms with Gasteiger partial charge in [-0.25, -0.2) is 0 Å². The monoisotopic (exact) mass is 384 g/mol. The van der Waals surface area contributed by atoms with Crippen LogP contribution in [0.3, 0.4) is 0 Å². The van der Waals surface area contributed by atoms with Crippen LogP contribution in [0.2, 0.25) is 0 Å². The maximum absolute atomic E-state index is 12.5. The first-order valence-corrected chi connectivity index (χ1v) is 9.18. The average molecular weight is 384 g/mol. The van der Waals surface area contributed by atoms with Crippen molar-refractivity contribution in [2.75, 3.05) is 17.7 Å². The van der Waals surface area contributed by atoms with Crippen molar-refractivity contribution in [3.05, 3.63) is 84.1 Å². The van der Waals surface area contributed by atoms with Crippen LogP contribution in [0.15, 0.2) is 72.8 Å². The maximum Gasteiger partial charge on any atom is 0.255 e. The Morgan fingerprint density at radius 1 is 0.828 bits per heavy atom. The zero-order valence-electron chi connectivity index (χ0n) is 16.1. The third-order valence-electron chi connectivity index (χ3n) is 4.63. The van der Waals surface area contributed by atoms with Gasteiger partial charge in [-0.1, -0.05) is 24.3 Å². The number of anilines is 3. The lowest BCUT2D eigenvalue weighted by Gasteiger charge is -2.10. The van der Waals surface area contributed by atoms with Crippen molar-refractivity contribution >= 4 is 33.9 Å². The summed E-state index contributed by atoms with van der Waals surface area (Å²) in [7, 11) is 1.61. The van der Waals surface area contributed by atoms with Gasteiger partial charge in [0.05, 0.1) is 12.8 Å². The molecular formula is C23H20N4O2. The van der Waals surface area contributed by atoms with E-state index in [-0.39, 0.29) is 5.91 Å². The van der Waals surface area contributed by atoms with Crippen LogP contribution in [-0.2, 0) is 0 Å². The lowest BCUT2D eigenvalue weighted by atomic mass is 10.1. The molecule has 1 amide bonds. The van der Waals surface area contributed by atoms with Crippen LogP contribution in [0.25, 0.3) is 10.8 Å². The van der Waals surface area contributed by atoms with E-state index in [1.165, 1.54) is 0 Å². The molecule has 0 aliphatic rings. The van der Waals surface area contributed by atoms with Gasteiger partial charge in [0, 0.05) is 27.7 Å². The summed E-state index contributed by atoms with van der Waals surface area (Å²) in [5, 5.41) is 16.7. The Balaban J connectivity index is 1.49. The molecule has 0 saturated heterocycles. The Hall–Kier alpha value is -3.93. The number of rotatable bonds is 5. The number of hydrogen-bond donors (Lipinski definition) is 2. The molecule has 29 heavy (non-hydrogen) atoms. The van der Waals surface area contributed by atoms with Crippen LogP contribution >= 0.6 is 0 Å². The highest BCUT2D eigenvalue weighted by Gasteiger charge is 2.09. The quantitative estimate of drug-likeness (QED) is 0.509. The summed E-state index contributed by atoms with van der Waals surface area (Å²) in [6.45, 7) is 1.94. The number of amides is 1. The largest absolute Gasteiger partial charge is 0.497 e. The number of carbonyl (C=O) groups excluding carboxylic acids is 1. The molecule has 0 spiro atoms. The van der Waals surface area contributed by atoms with Crippen LogP contribution in [0.1, 0.15) is 16.1 Å². The number of carbonyl (C=O) groups is 1. The van der Waals surface area contributed by atoms with E-state index < -0.39 is 0 Å². The molecule has 3 aromatic carbocycles. The van der Waals surface area contributed by atoms with E-state index in [1.807, 2.05) is 43.3 Å². The Bertz CT molecular complexity index is 1160. The van der Waals surface area contributed by atoms with Gasteiger partial charge in [-0.2, -0.15) is 5.10 Å². The summed E-state index contributed by atoms with van der Waals surface area (Å²) in [6.07, 6.45) is 0. The smallest absolute Gasteiger partial charge is 0.255 e. The minimum Gasteiger partial charge on any atom is -0.497 e. The summed E-state index contributed by atoms with van der Waals surface area (Å²) >= 11 is 0. The number of nitrogens with one attached hydrogen (secondary N) is 2. The first kappa shape index (κ1) is 18.4. The molecule has 0 saturated carbocycles. The second-order valence-corrected chi connectivity index (χ2v) is 6.56. The molecule has 0 unspecified atom stereocenters. The number of benzene rings is 3. The third-order valence-corrected chi connectivity index (χ3v) is 4.63. The molecular weight excluding hydrogens is 364 g/mol. The fourth-order valence-electron chi connectivity index (χ4n) is 3.05. The van der Waals surface area contributed by atoms with Crippen molar-refractivity contribution in [2.24, 2.45) is 0 Å². The van der Waals surface area contributed by atoms with Gasteiger partial charge in [0.2, 0.25) is 0 Å². The van der Waals surface area contributed by atoms with Crippen LogP contribution < -0.4 is 15.4 Å². The summed E-state index contributed by atoms with van der Waals surface area (Å²) in [5.74, 6) is 1.24. The molecule has 2 N–H and O–H groups in total. The molecule has 0 fully saturated rings. The highest BCUT2D eigenvalue weighted by atomic mass is 16.5. The normalized spacial score (nSPS) is 10.6. The Morgan fingerprint density at radius 3 is 2.17 bits per heavy atom. The topological polar surface area (TPSA) is 76.1 Å². The fraction of sp³-hybridized carbons (Fsp3) is 0.0870. The lowest BCUT2D eigenvalue weighted by Crippen LogP contribution is -2.11. The van der Waals surface area contributed by atoms with Crippen molar-refractivity contribution in [1.29, 1.82) is 0 Å². The SMILES string of the molecule is COc1ccc(NC(=O)c2ccc(Nc3nnc(C)c4ccccc34)cc2)cc1. The zero-order chi connectivity index (χ0) is 20.2. The molecule has 1 aromatic heterocycles. The van der Waals surface area contributed by atoms with Crippen molar-refractivity contribution in [3.8, 4) is 5.75 Å². The van der Waals surface area contributed by atoms with Crippen molar-refractivity contribution in [2.45, 2.75) is 6.92 Å². The summed E-state index contributed by atoms with van der Waals surface area (Å²) in [5.41, 5.74) is 2.98. The molecule has 144 valence electrons. The molecule has 4 aromatic rings. The number of hydrogen-bond acceptors (Lipinski definition) is 5. The number of methoxy groups -OCH3 is 1. The predicted molar refractivity (Wildman–Crippen MR) is 115 cm³/mol. The second kappa shape index (κ2) is 7.98. The minimum absolute atomic E-state index is 0.178. The molecule has 0 radical (unpaired) electrons. The van der Waals surface area contributed by atoms with Crippen molar-refractivity contribution in [3.63, 3.8) is 0 Å². The van der Waals surface area contributed by atoms with Gasteiger partial charge in [0.15, 0.2) is 5.82 Å². The van der Waals surface area contributed by atoms with Crippen molar-refractivity contribution in [1.82, 2.24) is 10.2 Å². The summed E-state index contributed by atoms with van der Waals surface area (Å²) < 4.78 is 5.12. The van der Waals surface area contributed by atoms with E-state index >= 15 is 0 Å². The Kier molecular flexibility index (Phi) is 5.07. The van der Waals surface area contributed by atoms with E-state index in [4.69, 9.17) is 4.74 Å². The Morgan fingerprint density at radius 2 is 1.48 bits per heavy atom. The van der Waals surface area contributed by atoms with Gasteiger partial charge in [-0.3, -0.25) is 4.79 Å². The lowest BCUT2D eigenvalue weighted by molar-refractivity contribution is 0.102. The third kappa shape index (κ3) is 4.01. The fourth-order valence-corrected chi connectivity index (χ4v) is 3.05. The highest BCUT2D eigenvalue weighted by molar-refractivity contribution is 6.04. The van der Waals surface area contributed by atoms with E-state index in [0.717, 1.165) is 27.9 Å². The van der Waals surface area contributed by atoms with Gasteiger partial charge >= 0.3 is 0 Å². The minimum atomic E-state index is -0.178. The van der Waals surface area contributed by atoms with Crippen LogP contribution in [0.5, 0.6) is 5.75 Å². The van der Waals surface area contributed by atoms with Gasteiger partial charge in [-0.15, -0.1) is 5.10 Å². The average Bonchev–Trinajstić information content (AvgIpc) is 2.77. The van der Waals surface area contributed by atoms with E-state index in [0.29, 0.717) is 17.1 Å². The number of fused-ring (bicyclic) bond motifs is 1. The molecule has 0 bridgehead atoms. The molecule has 4 rings (SSSR count).